The molecule has 6 aliphatic carbocycles. The number of rotatable bonds is 0. The Morgan fingerprint density at radius 3 is 2.79 bits per heavy atom. The van der Waals surface area contributed by atoms with E-state index in [4.69, 9.17) is 0 Å². The number of carbonyl (C=O) groups excluding carboxylic acids is 1. The van der Waals surface area contributed by atoms with Gasteiger partial charge in [0, 0.05) is 30.5 Å². The molecule has 0 aromatic rings. The normalized spacial score (nSPS) is 73.0. The second kappa shape index (κ2) is 3.30. The highest BCUT2D eigenvalue weighted by Crippen LogP contribution is 2.86. The summed E-state index contributed by atoms with van der Waals surface area (Å²) >= 11 is 0. The number of hydrogen-bond donors (Lipinski definition) is 2. The number of nitrogens with zero attached hydrogens (tertiary/aromatic N) is 1. The molecule has 9 bridgehead atoms. The summed E-state index contributed by atoms with van der Waals surface area (Å²) in [4.78, 5) is 16.0. The summed E-state index contributed by atoms with van der Waals surface area (Å²) in [6, 6.07) is 0.858. The van der Waals surface area contributed by atoms with E-state index in [0.29, 0.717) is 12.0 Å². The van der Waals surface area contributed by atoms with Gasteiger partial charge in [-0.3, -0.25) is 9.69 Å². The molecule has 128 valence electrons. The molecule has 0 aromatic heterocycles. The first-order valence-electron chi connectivity index (χ1n) is 9.68. The lowest BCUT2D eigenvalue weighted by molar-refractivity contribution is -0.189. The molecule has 24 heavy (non-hydrogen) atoms. The van der Waals surface area contributed by atoms with Gasteiger partial charge in [-0.1, -0.05) is 19.1 Å². The predicted octanol–water partition coefficient (Wildman–Crippen LogP) is 0.972. The minimum Gasteiger partial charge on any atom is -0.393 e. The van der Waals surface area contributed by atoms with Crippen molar-refractivity contribution in [2.45, 2.75) is 56.9 Å². The van der Waals surface area contributed by atoms with E-state index in [-0.39, 0.29) is 51.9 Å². The number of fused-ring (bicyclic) bond motifs is 1. The van der Waals surface area contributed by atoms with E-state index < -0.39 is 6.10 Å². The molecule has 3 aliphatic heterocycles. The molecular weight excluding hydrogens is 302 g/mol. The van der Waals surface area contributed by atoms with E-state index in [1.807, 2.05) is 0 Å². The van der Waals surface area contributed by atoms with Crippen molar-refractivity contribution in [3.63, 3.8) is 0 Å². The van der Waals surface area contributed by atoms with E-state index >= 15 is 0 Å². The molecule has 9 rings (SSSR count). The number of Topliss-reactive ketones (excluding diaryl/α,β-unsaturated/α-hetero) is 1. The van der Waals surface area contributed by atoms with Crippen molar-refractivity contribution in [1.82, 2.24) is 4.90 Å². The Hall–Kier alpha value is -0.710. The molecule has 0 aromatic carbocycles. The molecule has 4 nitrogen and oxygen atoms in total. The van der Waals surface area contributed by atoms with Gasteiger partial charge in [0.05, 0.1) is 18.1 Å². The number of aliphatic hydroxyl groups is 2. The van der Waals surface area contributed by atoms with Crippen LogP contribution in [0.25, 0.3) is 0 Å². The topological polar surface area (TPSA) is 60.8 Å². The average molecular weight is 327 g/mol. The first-order chi connectivity index (χ1) is 11.4. The van der Waals surface area contributed by atoms with Crippen molar-refractivity contribution < 1.29 is 15.0 Å². The van der Waals surface area contributed by atoms with Gasteiger partial charge in [-0.25, -0.2) is 0 Å². The summed E-state index contributed by atoms with van der Waals surface area (Å²) < 4.78 is 0. The zero-order chi connectivity index (χ0) is 16.4. The molecule has 9 fully saturated rings. The molecule has 4 heteroatoms. The van der Waals surface area contributed by atoms with Gasteiger partial charge in [-0.15, -0.1) is 0 Å². The van der Waals surface area contributed by atoms with Gasteiger partial charge in [0.15, 0.2) is 0 Å². The maximum absolute atomic E-state index is 13.3. The minimum atomic E-state index is -0.559. The van der Waals surface area contributed by atoms with Crippen LogP contribution in [0.5, 0.6) is 0 Å². The van der Waals surface area contributed by atoms with Crippen molar-refractivity contribution in [2.75, 3.05) is 6.54 Å². The Morgan fingerprint density at radius 2 is 2.00 bits per heavy atom. The summed E-state index contributed by atoms with van der Waals surface area (Å²) in [7, 11) is 0. The Balaban J connectivity index is 1.55. The largest absolute Gasteiger partial charge is 0.393 e. The van der Waals surface area contributed by atoms with Crippen LogP contribution >= 0.6 is 0 Å². The Labute approximate surface area is 141 Å². The molecule has 0 radical (unpaired) electrons. The maximum Gasteiger partial charge on any atom is 0.147 e. The lowest BCUT2D eigenvalue weighted by atomic mass is 9.40. The molecule has 0 amide bonds. The van der Waals surface area contributed by atoms with Crippen LogP contribution in [-0.2, 0) is 4.79 Å². The van der Waals surface area contributed by atoms with Crippen molar-refractivity contribution >= 4 is 5.78 Å². The van der Waals surface area contributed by atoms with Crippen molar-refractivity contribution in [1.29, 1.82) is 0 Å². The molecule has 2 spiro atoms. The van der Waals surface area contributed by atoms with Crippen molar-refractivity contribution in [3.8, 4) is 0 Å². The smallest absolute Gasteiger partial charge is 0.147 e. The second-order valence-corrected chi connectivity index (χ2v) is 10.6. The fourth-order valence-electron chi connectivity index (χ4n) is 10.4. The number of piperidine rings is 2. The summed E-state index contributed by atoms with van der Waals surface area (Å²) in [6.07, 6.45) is 2.88. The number of carbonyl (C=O) groups is 1. The van der Waals surface area contributed by atoms with Crippen LogP contribution in [0.3, 0.4) is 0 Å². The van der Waals surface area contributed by atoms with E-state index in [0.717, 1.165) is 37.8 Å². The average Bonchev–Trinajstić information content (AvgIpc) is 2.88. The fraction of sp³-hybridized carbons (Fsp3) is 0.850. The van der Waals surface area contributed by atoms with Crippen LogP contribution in [0.4, 0.5) is 0 Å². The first-order valence-corrected chi connectivity index (χ1v) is 9.68. The standard InChI is InChI=1S/C20H25NO3/c1-8-3-19-6-10-15-18(2)4-9(22)5-20(15)16(19)14(24)11(8)13(23)12(19)17(20)21(10)7-18/h9-12,14-17,22,24H,1,3-7H2,2H3/t9-,10-,11-,12+,14-,15+,16+,17+,18-,19-,20-/m0/s1. The molecule has 6 saturated carbocycles. The van der Waals surface area contributed by atoms with Crippen LogP contribution in [0.2, 0.25) is 0 Å². The van der Waals surface area contributed by atoms with Crippen LogP contribution in [-0.4, -0.2) is 51.7 Å². The molecular formula is C20H25NO3. The first kappa shape index (κ1) is 13.5. The molecule has 2 N–H and O–H groups in total. The number of aliphatic hydroxyl groups excluding tert-OH is 2. The Kier molecular flexibility index (Phi) is 1.86. The molecule has 1 unspecified atom stereocenters. The monoisotopic (exact) mass is 327 g/mol. The lowest BCUT2D eigenvalue weighted by Crippen LogP contribution is -2.66. The van der Waals surface area contributed by atoms with Gasteiger partial charge >= 0.3 is 0 Å². The van der Waals surface area contributed by atoms with Crippen molar-refractivity contribution in [3.05, 3.63) is 12.2 Å². The summed E-state index contributed by atoms with van der Waals surface area (Å²) in [6.45, 7) is 7.59. The van der Waals surface area contributed by atoms with E-state index in [1.165, 1.54) is 0 Å². The van der Waals surface area contributed by atoms with Crippen LogP contribution in [0.15, 0.2) is 12.2 Å². The van der Waals surface area contributed by atoms with Gasteiger partial charge in [0.2, 0.25) is 0 Å². The molecule has 3 saturated heterocycles. The van der Waals surface area contributed by atoms with Crippen LogP contribution < -0.4 is 0 Å². The third-order valence-corrected chi connectivity index (χ3v) is 9.90. The van der Waals surface area contributed by atoms with Crippen LogP contribution in [0, 0.1) is 39.9 Å². The highest BCUT2D eigenvalue weighted by atomic mass is 16.3. The predicted molar refractivity (Wildman–Crippen MR) is 85.8 cm³/mol. The lowest BCUT2D eigenvalue weighted by Gasteiger charge is -2.64. The highest BCUT2D eigenvalue weighted by Gasteiger charge is 2.90. The molecule has 9 aliphatic rings. The molecule has 3 heterocycles. The van der Waals surface area contributed by atoms with Crippen LogP contribution in [0.1, 0.15) is 32.6 Å². The van der Waals surface area contributed by atoms with Gasteiger partial charge in [-0.2, -0.15) is 0 Å². The van der Waals surface area contributed by atoms with E-state index in [1.54, 1.807) is 0 Å². The number of ketones is 1. The third kappa shape index (κ3) is 0.945. The molecule has 12 atom stereocenters. The third-order valence-electron chi connectivity index (χ3n) is 9.90. The van der Waals surface area contributed by atoms with Crippen molar-refractivity contribution in [2.24, 2.45) is 39.9 Å². The summed E-state index contributed by atoms with van der Waals surface area (Å²) in [5.74, 6) is 0.814. The minimum absolute atomic E-state index is 0.0250. The zero-order valence-electron chi connectivity index (χ0n) is 14.1. The zero-order valence-corrected chi connectivity index (χ0v) is 14.1. The maximum atomic E-state index is 13.3. The fourth-order valence-corrected chi connectivity index (χ4v) is 10.4. The SMILES string of the molecule is C=C1C[C@@]23C[C@H]4[C@@H]5[C@@]6(C)C[C@H](O)C[C@@]57[C@@H]2[C@@H](O)[C@@H]1C(=O)[C@@H]3[C@H]7N4C6. The summed E-state index contributed by atoms with van der Waals surface area (Å²) in [5, 5.41) is 22.0. The summed E-state index contributed by atoms with van der Waals surface area (Å²) in [5.41, 5.74) is 1.08. The number of hydrogen-bond acceptors (Lipinski definition) is 4. The van der Waals surface area contributed by atoms with E-state index in [9.17, 15) is 15.0 Å². The van der Waals surface area contributed by atoms with Gasteiger partial charge in [-0.05, 0) is 47.8 Å². The van der Waals surface area contributed by atoms with E-state index in [2.05, 4.69) is 18.4 Å². The second-order valence-electron chi connectivity index (χ2n) is 10.6. The highest BCUT2D eigenvalue weighted by molar-refractivity contribution is 5.92. The van der Waals surface area contributed by atoms with Gasteiger partial charge < -0.3 is 10.2 Å². The Morgan fingerprint density at radius 1 is 1.21 bits per heavy atom. The van der Waals surface area contributed by atoms with Gasteiger partial charge in [0.25, 0.3) is 0 Å². The Bertz CT molecular complexity index is 749. The quantitative estimate of drug-likeness (QED) is 0.651. The van der Waals surface area contributed by atoms with Gasteiger partial charge in [0.1, 0.15) is 5.78 Å².